The topological polar surface area (TPSA) is 51.1 Å². The van der Waals surface area contributed by atoms with Gasteiger partial charge in [0.05, 0.1) is 16.7 Å². The van der Waals surface area contributed by atoms with Crippen molar-refractivity contribution in [1.29, 1.82) is 0 Å². The lowest BCUT2D eigenvalue weighted by atomic mass is 10.1. The SMILES string of the molecule is O=C(Cn1c2ccccc2c(=O)c2ccccc21)Nc1ccc(Br)cc1Br. The number of carbonyl (C=O) groups is 1. The molecule has 1 amide bonds. The maximum atomic E-state index is 12.8. The molecule has 27 heavy (non-hydrogen) atoms. The summed E-state index contributed by atoms with van der Waals surface area (Å²) in [6.07, 6.45) is 0. The molecule has 6 heteroatoms. The zero-order chi connectivity index (χ0) is 19.0. The lowest BCUT2D eigenvalue weighted by molar-refractivity contribution is -0.116. The maximum Gasteiger partial charge on any atom is 0.244 e. The summed E-state index contributed by atoms with van der Waals surface area (Å²) in [4.78, 5) is 25.5. The number of anilines is 1. The predicted molar refractivity (Wildman–Crippen MR) is 116 cm³/mol. The zero-order valence-electron chi connectivity index (χ0n) is 14.1. The summed E-state index contributed by atoms with van der Waals surface area (Å²) in [6.45, 7) is 0.101. The largest absolute Gasteiger partial charge is 0.331 e. The molecular weight excluding hydrogens is 472 g/mol. The number of pyridine rings is 1. The van der Waals surface area contributed by atoms with Crippen molar-refractivity contribution in [3.05, 3.63) is 85.9 Å². The molecule has 0 saturated heterocycles. The minimum atomic E-state index is -0.169. The van der Waals surface area contributed by atoms with Gasteiger partial charge in [0.2, 0.25) is 5.91 Å². The second-order valence-electron chi connectivity index (χ2n) is 6.12. The van der Waals surface area contributed by atoms with Gasteiger partial charge in [0, 0.05) is 19.7 Å². The molecule has 1 aromatic heterocycles. The number of amides is 1. The molecule has 4 nitrogen and oxygen atoms in total. The fraction of sp³-hybridized carbons (Fsp3) is 0.0476. The van der Waals surface area contributed by atoms with Gasteiger partial charge >= 0.3 is 0 Å². The van der Waals surface area contributed by atoms with Gasteiger partial charge in [-0.05, 0) is 58.4 Å². The van der Waals surface area contributed by atoms with Gasteiger partial charge < -0.3 is 9.88 Å². The van der Waals surface area contributed by atoms with Crippen LogP contribution in [0.5, 0.6) is 0 Å². The molecule has 0 atom stereocenters. The molecule has 4 aromatic rings. The summed E-state index contributed by atoms with van der Waals surface area (Å²) in [6, 6.07) is 20.3. The average molecular weight is 486 g/mol. The van der Waals surface area contributed by atoms with Crippen molar-refractivity contribution in [2.24, 2.45) is 0 Å². The highest BCUT2D eigenvalue weighted by Gasteiger charge is 2.13. The molecule has 0 fully saturated rings. The van der Waals surface area contributed by atoms with E-state index in [1.807, 2.05) is 59.2 Å². The zero-order valence-corrected chi connectivity index (χ0v) is 17.2. The fourth-order valence-electron chi connectivity index (χ4n) is 3.17. The summed E-state index contributed by atoms with van der Waals surface area (Å²) in [5.74, 6) is -0.169. The normalized spacial score (nSPS) is 11.0. The minimum Gasteiger partial charge on any atom is -0.331 e. The van der Waals surface area contributed by atoms with E-state index in [0.717, 1.165) is 20.0 Å². The highest BCUT2D eigenvalue weighted by atomic mass is 79.9. The third kappa shape index (κ3) is 3.42. The Hall–Kier alpha value is -2.44. The molecule has 1 N–H and O–H groups in total. The van der Waals surface area contributed by atoms with Crippen LogP contribution in [0.3, 0.4) is 0 Å². The van der Waals surface area contributed by atoms with E-state index in [2.05, 4.69) is 37.2 Å². The molecule has 3 aromatic carbocycles. The third-order valence-corrected chi connectivity index (χ3v) is 5.54. The summed E-state index contributed by atoms with van der Waals surface area (Å²) in [5, 5.41) is 4.14. The van der Waals surface area contributed by atoms with Crippen LogP contribution in [0.2, 0.25) is 0 Å². The van der Waals surface area contributed by atoms with Gasteiger partial charge in [0.25, 0.3) is 0 Å². The third-order valence-electron chi connectivity index (χ3n) is 4.39. The van der Waals surface area contributed by atoms with Gasteiger partial charge in [-0.15, -0.1) is 0 Å². The van der Waals surface area contributed by atoms with Crippen LogP contribution in [-0.2, 0) is 11.3 Å². The Bertz CT molecular complexity index is 1190. The van der Waals surface area contributed by atoms with Crippen LogP contribution in [0.25, 0.3) is 21.8 Å². The number of rotatable bonds is 3. The molecule has 1 heterocycles. The second kappa shape index (κ2) is 7.29. The Morgan fingerprint density at radius 1 is 0.889 bits per heavy atom. The Kier molecular flexibility index (Phi) is 4.85. The van der Waals surface area contributed by atoms with Crippen molar-refractivity contribution >= 4 is 65.3 Å². The van der Waals surface area contributed by atoms with Gasteiger partial charge in [0.1, 0.15) is 6.54 Å². The van der Waals surface area contributed by atoms with Crippen LogP contribution < -0.4 is 10.7 Å². The van der Waals surface area contributed by atoms with Crippen LogP contribution in [0, 0.1) is 0 Å². The van der Waals surface area contributed by atoms with Crippen molar-refractivity contribution in [2.75, 3.05) is 5.32 Å². The molecule has 0 spiro atoms. The van der Waals surface area contributed by atoms with Crippen molar-refractivity contribution in [3.8, 4) is 0 Å². The molecule has 0 radical (unpaired) electrons. The van der Waals surface area contributed by atoms with Gasteiger partial charge in [-0.25, -0.2) is 0 Å². The predicted octanol–water partition coefficient (Wildman–Crippen LogP) is 5.32. The van der Waals surface area contributed by atoms with E-state index in [-0.39, 0.29) is 17.9 Å². The number of benzene rings is 3. The first-order valence-corrected chi connectivity index (χ1v) is 9.88. The van der Waals surface area contributed by atoms with Crippen molar-refractivity contribution in [3.63, 3.8) is 0 Å². The van der Waals surface area contributed by atoms with E-state index in [0.29, 0.717) is 16.5 Å². The fourth-order valence-corrected chi connectivity index (χ4v) is 4.32. The number of hydrogen-bond donors (Lipinski definition) is 1. The molecule has 0 aliphatic heterocycles. The van der Waals surface area contributed by atoms with Crippen molar-refractivity contribution in [2.45, 2.75) is 6.54 Å². The van der Waals surface area contributed by atoms with E-state index in [1.165, 1.54) is 0 Å². The lowest BCUT2D eigenvalue weighted by Crippen LogP contribution is -2.21. The number of carbonyl (C=O) groups excluding carboxylic acids is 1. The van der Waals surface area contributed by atoms with Crippen LogP contribution in [0.1, 0.15) is 0 Å². The summed E-state index contributed by atoms with van der Waals surface area (Å²) < 4.78 is 3.60. The number of nitrogens with one attached hydrogen (secondary N) is 1. The molecule has 0 aliphatic carbocycles. The Morgan fingerprint density at radius 3 is 2.07 bits per heavy atom. The van der Waals surface area contributed by atoms with E-state index < -0.39 is 0 Å². The van der Waals surface area contributed by atoms with Gasteiger partial charge in [-0.3, -0.25) is 9.59 Å². The Morgan fingerprint density at radius 2 is 1.48 bits per heavy atom. The number of halogens is 2. The molecule has 0 unspecified atom stereocenters. The maximum absolute atomic E-state index is 12.8. The molecule has 4 rings (SSSR count). The van der Waals surface area contributed by atoms with Crippen LogP contribution in [-0.4, -0.2) is 10.5 Å². The number of hydrogen-bond acceptors (Lipinski definition) is 2. The monoisotopic (exact) mass is 484 g/mol. The van der Waals surface area contributed by atoms with E-state index in [4.69, 9.17) is 0 Å². The van der Waals surface area contributed by atoms with Crippen molar-refractivity contribution in [1.82, 2.24) is 4.57 Å². The summed E-state index contributed by atoms with van der Waals surface area (Å²) in [5.41, 5.74) is 2.16. The second-order valence-corrected chi connectivity index (χ2v) is 7.89. The number of nitrogens with zero attached hydrogens (tertiary/aromatic N) is 1. The van der Waals surface area contributed by atoms with Crippen LogP contribution in [0.15, 0.2) is 80.5 Å². The van der Waals surface area contributed by atoms with Gasteiger partial charge in [-0.2, -0.15) is 0 Å². The summed E-state index contributed by atoms with van der Waals surface area (Å²) >= 11 is 6.86. The first kappa shape index (κ1) is 17.9. The molecule has 134 valence electrons. The highest BCUT2D eigenvalue weighted by Crippen LogP contribution is 2.26. The average Bonchev–Trinajstić information content (AvgIpc) is 2.67. The quantitative estimate of drug-likeness (QED) is 0.399. The molecular formula is C21H14Br2N2O2. The lowest BCUT2D eigenvalue weighted by Gasteiger charge is -2.15. The Balaban J connectivity index is 1.79. The van der Waals surface area contributed by atoms with E-state index in [9.17, 15) is 9.59 Å². The van der Waals surface area contributed by atoms with E-state index >= 15 is 0 Å². The first-order valence-electron chi connectivity index (χ1n) is 8.30. The minimum absolute atomic E-state index is 0.0199. The molecule has 0 saturated carbocycles. The first-order chi connectivity index (χ1) is 13.0. The van der Waals surface area contributed by atoms with E-state index in [1.54, 1.807) is 12.1 Å². The standard InChI is InChI=1S/C21H14Br2N2O2/c22-13-9-10-17(16(23)11-13)24-20(26)12-25-18-7-3-1-5-14(18)21(27)15-6-2-4-8-19(15)25/h1-11H,12H2,(H,24,26). The smallest absolute Gasteiger partial charge is 0.244 e. The van der Waals surface area contributed by atoms with Gasteiger partial charge in [-0.1, -0.05) is 40.2 Å². The Labute approximate surface area is 172 Å². The van der Waals surface area contributed by atoms with Crippen molar-refractivity contribution < 1.29 is 4.79 Å². The number of para-hydroxylation sites is 2. The van der Waals surface area contributed by atoms with Crippen LogP contribution >= 0.6 is 31.9 Å². The molecule has 0 bridgehead atoms. The van der Waals surface area contributed by atoms with Crippen LogP contribution in [0.4, 0.5) is 5.69 Å². The number of fused-ring (bicyclic) bond motifs is 2. The summed E-state index contributed by atoms with van der Waals surface area (Å²) in [7, 11) is 0. The molecule has 0 aliphatic rings. The highest BCUT2D eigenvalue weighted by molar-refractivity contribution is 9.11. The number of aromatic nitrogens is 1. The van der Waals surface area contributed by atoms with Gasteiger partial charge in [0.15, 0.2) is 5.43 Å².